The molecule has 2 aromatic carbocycles. The Morgan fingerprint density at radius 3 is 2.61 bits per heavy atom. The number of ether oxygens (including phenoxy) is 1. The van der Waals surface area contributed by atoms with Crippen LogP contribution in [0, 0.1) is 6.92 Å². The van der Waals surface area contributed by atoms with Crippen LogP contribution < -0.4 is 10.1 Å². The third-order valence-corrected chi connectivity index (χ3v) is 5.33. The Kier molecular flexibility index (Phi) is 6.30. The summed E-state index contributed by atoms with van der Waals surface area (Å²) in [5, 5.41) is 15.0. The van der Waals surface area contributed by atoms with Gasteiger partial charge in [-0.2, -0.15) is 0 Å². The average Bonchev–Trinajstić information content (AvgIpc) is 3.15. The second-order valence-corrected chi connectivity index (χ2v) is 7.67. The number of nitrogens with zero attached hydrogens (tertiary/aromatic N) is 4. The molecule has 0 aliphatic heterocycles. The lowest BCUT2D eigenvalue weighted by Gasteiger charge is -2.18. The highest BCUT2D eigenvalue weighted by Gasteiger charge is 2.26. The molecule has 1 unspecified atom stereocenters. The monoisotopic (exact) mass is 397 g/mol. The summed E-state index contributed by atoms with van der Waals surface area (Å²) in [6.45, 7) is 5.96. The van der Waals surface area contributed by atoms with Gasteiger partial charge in [-0.15, -0.1) is 5.10 Å². The highest BCUT2D eigenvalue weighted by Crippen LogP contribution is 2.36. The molecule has 0 spiro atoms. The first-order chi connectivity index (χ1) is 13.5. The first-order valence-corrected chi connectivity index (χ1v) is 9.82. The Balaban J connectivity index is 1.92. The number of tetrazole rings is 1. The van der Waals surface area contributed by atoms with Gasteiger partial charge in [0, 0.05) is 0 Å². The molecule has 0 saturated heterocycles. The summed E-state index contributed by atoms with van der Waals surface area (Å²) in [5.41, 5.74) is 2.54. The third kappa shape index (κ3) is 4.51. The topological polar surface area (TPSA) is 81.9 Å². The van der Waals surface area contributed by atoms with Crippen molar-refractivity contribution >= 4 is 23.4 Å². The number of nitrogens with one attached hydrogen (secondary N) is 1. The average molecular weight is 398 g/mol. The van der Waals surface area contributed by atoms with Gasteiger partial charge in [0.15, 0.2) is 0 Å². The minimum atomic E-state index is -0.519. The molecule has 28 heavy (non-hydrogen) atoms. The van der Waals surface area contributed by atoms with Crippen LogP contribution in [0.4, 0.5) is 5.69 Å². The molecule has 8 heteroatoms. The van der Waals surface area contributed by atoms with Crippen molar-refractivity contribution in [1.82, 2.24) is 20.2 Å². The molecule has 1 heterocycles. The Hall–Kier alpha value is -2.87. The van der Waals surface area contributed by atoms with E-state index in [1.165, 1.54) is 11.8 Å². The van der Waals surface area contributed by atoms with E-state index < -0.39 is 5.25 Å². The Labute approximate surface area is 168 Å². The summed E-state index contributed by atoms with van der Waals surface area (Å²) < 4.78 is 7.09. The molecule has 1 atom stereocenters. The fourth-order valence-corrected chi connectivity index (χ4v) is 3.82. The quantitative estimate of drug-likeness (QED) is 0.606. The zero-order chi connectivity index (χ0) is 20.1. The number of amides is 1. The highest BCUT2D eigenvalue weighted by atomic mass is 32.2. The number of rotatable bonds is 7. The summed E-state index contributed by atoms with van der Waals surface area (Å²) in [6.07, 6.45) is 0. The van der Waals surface area contributed by atoms with Crippen molar-refractivity contribution in [3.8, 4) is 5.75 Å². The van der Waals surface area contributed by atoms with Crippen molar-refractivity contribution in [1.29, 1.82) is 0 Å². The van der Waals surface area contributed by atoms with Crippen molar-refractivity contribution in [2.75, 3.05) is 12.4 Å². The maximum Gasteiger partial charge on any atom is 0.242 e. The van der Waals surface area contributed by atoms with Crippen LogP contribution in [0.15, 0.2) is 53.7 Å². The number of hydrogen-bond acceptors (Lipinski definition) is 6. The maximum atomic E-state index is 13.2. The smallest absolute Gasteiger partial charge is 0.242 e. The number of hydrogen-bond donors (Lipinski definition) is 1. The van der Waals surface area contributed by atoms with Gasteiger partial charge >= 0.3 is 0 Å². The van der Waals surface area contributed by atoms with E-state index in [0.29, 0.717) is 16.6 Å². The zero-order valence-corrected chi connectivity index (χ0v) is 17.1. The van der Waals surface area contributed by atoms with Crippen molar-refractivity contribution in [2.24, 2.45) is 0 Å². The van der Waals surface area contributed by atoms with Crippen LogP contribution in [0.1, 0.15) is 36.3 Å². The molecule has 0 saturated carbocycles. The molecule has 1 N–H and O–H groups in total. The standard InChI is InChI=1S/C20H23N5O2S/c1-13(2)25-20(22-23-24-25)28-18(15-8-6-5-7-9-15)19(26)21-16-12-14(3)10-11-17(16)27-4/h5-13,18H,1-4H3,(H,21,26). The Morgan fingerprint density at radius 2 is 1.93 bits per heavy atom. The minimum absolute atomic E-state index is 0.0915. The molecular formula is C20H23N5O2S. The van der Waals surface area contributed by atoms with Crippen LogP contribution in [0.25, 0.3) is 0 Å². The summed E-state index contributed by atoms with van der Waals surface area (Å²) in [6, 6.07) is 15.4. The molecule has 0 fully saturated rings. The number of carbonyl (C=O) groups is 1. The molecule has 0 bridgehead atoms. The molecule has 3 rings (SSSR count). The van der Waals surface area contributed by atoms with Crippen LogP contribution in [0.3, 0.4) is 0 Å². The van der Waals surface area contributed by atoms with Crippen molar-refractivity contribution in [3.05, 3.63) is 59.7 Å². The summed E-state index contributed by atoms with van der Waals surface area (Å²) in [7, 11) is 1.58. The predicted octanol–water partition coefficient (Wildman–Crippen LogP) is 4.04. The van der Waals surface area contributed by atoms with Crippen molar-refractivity contribution in [2.45, 2.75) is 37.2 Å². The summed E-state index contributed by atoms with van der Waals surface area (Å²) in [5.74, 6) is 0.446. The van der Waals surface area contributed by atoms with E-state index in [9.17, 15) is 4.79 Å². The van der Waals surface area contributed by atoms with E-state index in [-0.39, 0.29) is 11.9 Å². The highest BCUT2D eigenvalue weighted by molar-refractivity contribution is 8.00. The van der Waals surface area contributed by atoms with Crippen LogP contribution in [-0.2, 0) is 4.79 Å². The molecule has 0 aliphatic carbocycles. The van der Waals surface area contributed by atoms with Gasteiger partial charge in [-0.05, 0) is 54.5 Å². The number of methoxy groups -OCH3 is 1. The lowest BCUT2D eigenvalue weighted by atomic mass is 10.1. The summed E-state index contributed by atoms with van der Waals surface area (Å²) >= 11 is 1.32. The number of thioether (sulfide) groups is 1. The number of aryl methyl sites for hydroxylation is 1. The van der Waals surface area contributed by atoms with Gasteiger partial charge in [0.2, 0.25) is 11.1 Å². The van der Waals surface area contributed by atoms with Gasteiger partial charge in [0.1, 0.15) is 11.0 Å². The molecule has 0 aliphatic rings. The molecule has 146 valence electrons. The number of anilines is 1. The van der Waals surface area contributed by atoms with Gasteiger partial charge in [0.05, 0.1) is 18.8 Å². The van der Waals surface area contributed by atoms with Gasteiger partial charge in [-0.3, -0.25) is 4.79 Å². The normalized spacial score (nSPS) is 12.0. The predicted molar refractivity (Wildman–Crippen MR) is 110 cm³/mol. The lowest BCUT2D eigenvalue weighted by Crippen LogP contribution is -2.20. The molecule has 1 aromatic heterocycles. The Bertz CT molecular complexity index is 943. The van der Waals surface area contributed by atoms with Crippen LogP contribution >= 0.6 is 11.8 Å². The van der Waals surface area contributed by atoms with Crippen LogP contribution in [0.5, 0.6) is 5.75 Å². The van der Waals surface area contributed by atoms with E-state index in [1.807, 2.05) is 69.3 Å². The zero-order valence-electron chi connectivity index (χ0n) is 16.3. The number of benzene rings is 2. The van der Waals surface area contributed by atoms with Crippen molar-refractivity contribution < 1.29 is 9.53 Å². The lowest BCUT2D eigenvalue weighted by molar-refractivity contribution is -0.115. The van der Waals surface area contributed by atoms with E-state index in [4.69, 9.17) is 4.74 Å². The maximum absolute atomic E-state index is 13.2. The number of carbonyl (C=O) groups excluding carboxylic acids is 1. The molecular weight excluding hydrogens is 374 g/mol. The minimum Gasteiger partial charge on any atom is -0.495 e. The molecule has 7 nitrogen and oxygen atoms in total. The van der Waals surface area contributed by atoms with Crippen LogP contribution in [0.2, 0.25) is 0 Å². The van der Waals surface area contributed by atoms with Gasteiger partial charge in [0.25, 0.3) is 0 Å². The van der Waals surface area contributed by atoms with E-state index in [0.717, 1.165) is 11.1 Å². The third-order valence-electron chi connectivity index (χ3n) is 4.13. The van der Waals surface area contributed by atoms with E-state index in [1.54, 1.807) is 11.8 Å². The second-order valence-electron chi connectivity index (χ2n) is 6.60. The molecule has 3 aromatic rings. The first-order valence-electron chi connectivity index (χ1n) is 8.94. The fourth-order valence-electron chi connectivity index (χ4n) is 2.71. The molecule has 0 radical (unpaired) electrons. The second kappa shape index (κ2) is 8.88. The SMILES string of the molecule is COc1ccc(C)cc1NC(=O)C(Sc1nnnn1C(C)C)c1ccccc1. The number of aromatic nitrogens is 4. The molecule has 1 amide bonds. The van der Waals surface area contributed by atoms with Gasteiger partial charge in [-0.25, -0.2) is 4.68 Å². The largest absolute Gasteiger partial charge is 0.495 e. The van der Waals surface area contributed by atoms with Crippen LogP contribution in [-0.4, -0.2) is 33.2 Å². The van der Waals surface area contributed by atoms with Crippen molar-refractivity contribution in [3.63, 3.8) is 0 Å². The van der Waals surface area contributed by atoms with E-state index >= 15 is 0 Å². The van der Waals surface area contributed by atoms with Gasteiger partial charge < -0.3 is 10.1 Å². The van der Waals surface area contributed by atoms with Gasteiger partial charge in [-0.1, -0.05) is 48.2 Å². The fraction of sp³-hybridized carbons (Fsp3) is 0.300. The Morgan fingerprint density at radius 1 is 1.18 bits per heavy atom. The first kappa shape index (κ1) is 19.9. The van der Waals surface area contributed by atoms with E-state index in [2.05, 4.69) is 20.8 Å². The summed E-state index contributed by atoms with van der Waals surface area (Å²) in [4.78, 5) is 13.2.